The Kier molecular flexibility index (Phi) is 4.55. The van der Waals surface area contributed by atoms with E-state index in [0.717, 1.165) is 22.2 Å². The van der Waals surface area contributed by atoms with E-state index < -0.39 is 0 Å². The van der Waals surface area contributed by atoms with Crippen LogP contribution in [0.25, 0.3) is 22.2 Å². The van der Waals surface area contributed by atoms with Crippen molar-refractivity contribution in [3.63, 3.8) is 0 Å². The molecule has 0 aliphatic carbocycles. The lowest BCUT2D eigenvalue weighted by atomic mass is 10.1. The molecule has 9 heteroatoms. The number of aromatic amines is 1. The Hall–Kier alpha value is -2.90. The summed E-state index contributed by atoms with van der Waals surface area (Å²) in [5.41, 5.74) is 3.59. The summed E-state index contributed by atoms with van der Waals surface area (Å²) in [6.45, 7) is 0.206. The van der Waals surface area contributed by atoms with Crippen molar-refractivity contribution in [2.45, 2.75) is 6.54 Å². The lowest BCUT2D eigenvalue weighted by Crippen LogP contribution is -2.23. The van der Waals surface area contributed by atoms with Crippen LogP contribution in [0.4, 0.5) is 0 Å². The van der Waals surface area contributed by atoms with Gasteiger partial charge in [-0.3, -0.25) is 19.6 Å². The number of H-pyrrole nitrogens is 1. The fourth-order valence-corrected chi connectivity index (χ4v) is 3.29. The molecule has 0 unspecified atom stereocenters. The number of fused-ring (bicyclic) bond motifs is 1. The van der Waals surface area contributed by atoms with Gasteiger partial charge in [0.25, 0.3) is 5.91 Å². The quantitative estimate of drug-likeness (QED) is 0.547. The smallest absolute Gasteiger partial charge is 0.251 e. The highest BCUT2D eigenvalue weighted by Gasteiger charge is 2.14. The van der Waals surface area contributed by atoms with Crippen LogP contribution in [0.2, 0.25) is 10.0 Å². The molecule has 0 bridgehead atoms. The van der Waals surface area contributed by atoms with E-state index in [1.165, 1.54) is 12.4 Å². The molecule has 136 valence electrons. The third-order valence-electron chi connectivity index (χ3n) is 4.18. The first-order valence-corrected chi connectivity index (χ1v) is 8.82. The van der Waals surface area contributed by atoms with Crippen LogP contribution < -0.4 is 5.32 Å². The van der Waals surface area contributed by atoms with Crippen molar-refractivity contribution >= 4 is 40.0 Å². The van der Waals surface area contributed by atoms with E-state index in [1.807, 2.05) is 19.3 Å². The Morgan fingerprint density at radius 2 is 2.00 bits per heavy atom. The van der Waals surface area contributed by atoms with Crippen molar-refractivity contribution in [3.05, 3.63) is 64.2 Å². The number of amides is 1. The summed E-state index contributed by atoms with van der Waals surface area (Å²) in [7, 11) is 1.84. The number of aromatic nitrogens is 5. The summed E-state index contributed by atoms with van der Waals surface area (Å²) in [6, 6.07) is 5.36. The van der Waals surface area contributed by atoms with Gasteiger partial charge < -0.3 is 5.32 Å². The minimum Gasteiger partial charge on any atom is -0.348 e. The molecule has 0 fully saturated rings. The monoisotopic (exact) mass is 400 g/mol. The number of aryl methyl sites for hydroxylation is 1. The lowest BCUT2D eigenvalue weighted by molar-refractivity contribution is 0.0951. The number of carbonyl (C=O) groups excluding carboxylic acids is 1. The van der Waals surface area contributed by atoms with E-state index >= 15 is 0 Å². The molecule has 4 rings (SSSR count). The molecule has 7 nitrogen and oxygen atoms in total. The third-order valence-corrected chi connectivity index (χ3v) is 4.83. The maximum Gasteiger partial charge on any atom is 0.251 e. The molecule has 4 aromatic rings. The van der Waals surface area contributed by atoms with E-state index in [2.05, 4.69) is 25.6 Å². The first kappa shape index (κ1) is 17.5. The fraction of sp³-hybridized carbons (Fsp3) is 0.111. The highest BCUT2D eigenvalue weighted by atomic mass is 35.5. The van der Waals surface area contributed by atoms with Crippen LogP contribution in [0.1, 0.15) is 15.9 Å². The van der Waals surface area contributed by atoms with Crippen molar-refractivity contribution in [3.8, 4) is 11.3 Å². The van der Waals surface area contributed by atoms with Gasteiger partial charge in [0.1, 0.15) is 5.69 Å². The van der Waals surface area contributed by atoms with E-state index in [1.54, 1.807) is 23.0 Å². The van der Waals surface area contributed by atoms with Crippen LogP contribution in [-0.4, -0.2) is 30.9 Å². The summed E-state index contributed by atoms with van der Waals surface area (Å²) in [6.07, 6.45) is 6.59. The first-order valence-electron chi connectivity index (χ1n) is 8.06. The molecule has 0 aliphatic heterocycles. The minimum atomic E-state index is -0.237. The number of nitrogens with one attached hydrogen (secondary N) is 2. The molecule has 2 N–H and O–H groups in total. The third kappa shape index (κ3) is 3.39. The van der Waals surface area contributed by atoms with Crippen LogP contribution in [0, 0.1) is 0 Å². The Bertz CT molecular complexity index is 1130. The van der Waals surface area contributed by atoms with Crippen molar-refractivity contribution in [2.75, 3.05) is 0 Å². The van der Waals surface area contributed by atoms with Gasteiger partial charge in [0, 0.05) is 54.3 Å². The van der Waals surface area contributed by atoms with E-state index in [4.69, 9.17) is 23.2 Å². The zero-order valence-electron chi connectivity index (χ0n) is 14.2. The second-order valence-corrected chi connectivity index (χ2v) is 6.81. The summed E-state index contributed by atoms with van der Waals surface area (Å²) in [4.78, 5) is 16.5. The number of hydrogen-bond acceptors (Lipinski definition) is 4. The average molecular weight is 401 g/mol. The predicted octanol–water partition coefficient (Wildman–Crippen LogP) is 3.60. The van der Waals surface area contributed by atoms with E-state index in [0.29, 0.717) is 21.2 Å². The molecule has 27 heavy (non-hydrogen) atoms. The average Bonchev–Trinajstić information content (AvgIpc) is 3.26. The molecule has 0 saturated heterocycles. The first-order chi connectivity index (χ1) is 13.0. The summed E-state index contributed by atoms with van der Waals surface area (Å²) >= 11 is 12.2. The van der Waals surface area contributed by atoms with Crippen LogP contribution in [0.5, 0.6) is 0 Å². The number of halogens is 2. The van der Waals surface area contributed by atoms with Crippen molar-refractivity contribution in [1.82, 2.24) is 30.3 Å². The van der Waals surface area contributed by atoms with Crippen LogP contribution in [0.15, 0.2) is 43.0 Å². The largest absolute Gasteiger partial charge is 0.348 e. The van der Waals surface area contributed by atoms with Gasteiger partial charge in [0.15, 0.2) is 0 Å². The predicted molar refractivity (Wildman–Crippen MR) is 104 cm³/mol. The molecule has 3 heterocycles. The molecular formula is C18H14Cl2N6O. The van der Waals surface area contributed by atoms with Gasteiger partial charge in [-0.2, -0.15) is 10.2 Å². The van der Waals surface area contributed by atoms with Gasteiger partial charge in [-0.1, -0.05) is 23.2 Å². The summed E-state index contributed by atoms with van der Waals surface area (Å²) < 4.78 is 1.70. The molecule has 1 amide bonds. The van der Waals surface area contributed by atoms with Gasteiger partial charge in [-0.15, -0.1) is 0 Å². The molecule has 3 aromatic heterocycles. The second-order valence-electron chi connectivity index (χ2n) is 6.00. The van der Waals surface area contributed by atoms with Crippen LogP contribution in [0.3, 0.4) is 0 Å². The number of hydrogen-bond donors (Lipinski definition) is 2. The summed E-state index contributed by atoms with van der Waals surface area (Å²) in [5.74, 6) is -0.237. The molecule has 0 spiro atoms. The number of carbonyl (C=O) groups is 1. The molecule has 0 atom stereocenters. The Morgan fingerprint density at radius 1 is 1.22 bits per heavy atom. The maximum absolute atomic E-state index is 12.6. The topological polar surface area (TPSA) is 88.5 Å². The molecule has 0 radical (unpaired) electrons. The van der Waals surface area contributed by atoms with Gasteiger partial charge in [-0.05, 0) is 18.2 Å². The van der Waals surface area contributed by atoms with Crippen molar-refractivity contribution in [2.24, 2.45) is 7.05 Å². The van der Waals surface area contributed by atoms with Crippen LogP contribution in [-0.2, 0) is 13.6 Å². The van der Waals surface area contributed by atoms with Crippen LogP contribution >= 0.6 is 23.2 Å². The highest BCUT2D eigenvalue weighted by Crippen LogP contribution is 2.27. The zero-order chi connectivity index (χ0) is 19.0. The lowest BCUT2D eigenvalue weighted by Gasteiger charge is -2.08. The Labute approximate surface area is 164 Å². The molecule has 0 saturated carbocycles. The molecular weight excluding hydrogens is 387 g/mol. The molecule has 0 aliphatic rings. The van der Waals surface area contributed by atoms with Gasteiger partial charge in [0.05, 0.1) is 21.8 Å². The number of nitrogens with zero attached hydrogens (tertiary/aromatic N) is 4. The molecule has 1 aromatic carbocycles. The van der Waals surface area contributed by atoms with Gasteiger partial charge in [0.2, 0.25) is 0 Å². The van der Waals surface area contributed by atoms with Crippen molar-refractivity contribution < 1.29 is 4.79 Å². The fourth-order valence-electron chi connectivity index (χ4n) is 2.80. The normalized spacial score (nSPS) is 11.1. The maximum atomic E-state index is 12.6. The number of benzene rings is 1. The SMILES string of the molecule is Cn1cc(-c2n[nH]c3ccc(C(=O)NCc4c(Cl)cncc4Cl)cc23)cn1. The number of pyridine rings is 1. The number of rotatable bonds is 4. The van der Waals surface area contributed by atoms with Crippen molar-refractivity contribution in [1.29, 1.82) is 0 Å². The van der Waals surface area contributed by atoms with Gasteiger partial charge >= 0.3 is 0 Å². The Balaban J connectivity index is 1.61. The minimum absolute atomic E-state index is 0.206. The van der Waals surface area contributed by atoms with Gasteiger partial charge in [-0.25, -0.2) is 0 Å². The zero-order valence-corrected chi connectivity index (χ0v) is 15.7. The van der Waals surface area contributed by atoms with E-state index in [9.17, 15) is 4.79 Å². The van der Waals surface area contributed by atoms with E-state index in [-0.39, 0.29) is 12.5 Å². The second kappa shape index (κ2) is 7.02. The highest BCUT2D eigenvalue weighted by molar-refractivity contribution is 6.35. The standard InChI is InChI=1S/C18H14Cl2N6O/c1-26-9-11(5-23-26)17-12-4-10(2-3-16(12)24-25-17)18(27)22-6-13-14(19)7-21-8-15(13)20/h2-5,7-9H,6H2,1H3,(H,22,27)(H,24,25). The Morgan fingerprint density at radius 3 is 2.70 bits per heavy atom. The summed E-state index contributed by atoms with van der Waals surface area (Å²) in [5, 5.41) is 16.0.